The van der Waals surface area contributed by atoms with Gasteiger partial charge in [-0.05, 0) is 37.0 Å². The van der Waals surface area contributed by atoms with Gasteiger partial charge in [-0.15, -0.1) is 11.3 Å². The zero-order valence-corrected chi connectivity index (χ0v) is 18.2. The third-order valence-corrected chi connectivity index (χ3v) is 8.49. The first-order chi connectivity index (χ1) is 14.8. The zero-order valence-electron chi connectivity index (χ0n) is 16.5. The number of thiophene rings is 1. The van der Waals surface area contributed by atoms with Gasteiger partial charge in [-0.3, -0.25) is 14.2 Å². The summed E-state index contributed by atoms with van der Waals surface area (Å²) in [5, 5.41) is 2.20. The zero-order chi connectivity index (χ0) is 21.8. The van der Waals surface area contributed by atoms with E-state index < -0.39 is 9.84 Å². The van der Waals surface area contributed by atoms with Crippen LogP contribution in [0.1, 0.15) is 19.3 Å². The van der Waals surface area contributed by atoms with E-state index in [9.17, 15) is 22.4 Å². The predicted molar refractivity (Wildman–Crippen MR) is 116 cm³/mol. The number of hydrogen-bond donors (Lipinski definition) is 0. The molecule has 3 heterocycles. The van der Waals surface area contributed by atoms with Crippen LogP contribution in [0.2, 0.25) is 0 Å². The predicted octanol–water partition coefficient (Wildman–Crippen LogP) is 2.44. The van der Waals surface area contributed by atoms with Crippen molar-refractivity contribution in [2.45, 2.75) is 37.9 Å². The number of carbonyl (C=O) groups excluding carboxylic acids is 1. The van der Waals surface area contributed by atoms with Crippen LogP contribution >= 0.6 is 11.3 Å². The molecule has 10 heteroatoms. The Labute approximate surface area is 182 Å². The van der Waals surface area contributed by atoms with Gasteiger partial charge in [0.2, 0.25) is 5.91 Å². The lowest BCUT2D eigenvalue weighted by molar-refractivity contribution is -0.134. The van der Waals surface area contributed by atoms with E-state index >= 15 is 0 Å². The molecule has 1 aliphatic heterocycles. The molecule has 1 amide bonds. The van der Waals surface area contributed by atoms with Gasteiger partial charge in [0, 0.05) is 23.0 Å². The number of aromatic nitrogens is 2. The maximum absolute atomic E-state index is 13.3. The van der Waals surface area contributed by atoms with Crippen LogP contribution in [0.15, 0.2) is 40.8 Å². The lowest BCUT2D eigenvalue weighted by Gasteiger charge is -2.28. The van der Waals surface area contributed by atoms with Crippen LogP contribution < -0.4 is 5.56 Å². The summed E-state index contributed by atoms with van der Waals surface area (Å²) < 4.78 is 38.4. The third kappa shape index (κ3) is 3.89. The molecule has 1 saturated carbocycles. The molecule has 0 spiro atoms. The molecule has 162 valence electrons. The van der Waals surface area contributed by atoms with Crippen LogP contribution in [0.5, 0.6) is 0 Å². The van der Waals surface area contributed by atoms with Crippen molar-refractivity contribution in [3.8, 4) is 11.1 Å². The van der Waals surface area contributed by atoms with Crippen molar-refractivity contribution in [2.75, 3.05) is 11.5 Å². The highest BCUT2D eigenvalue weighted by Crippen LogP contribution is 2.33. The summed E-state index contributed by atoms with van der Waals surface area (Å²) in [5.41, 5.74) is 1.01. The quantitative estimate of drug-likeness (QED) is 0.582. The summed E-state index contributed by atoms with van der Waals surface area (Å²) >= 11 is 1.32. The molecular formula is C21H20FN3O4S2. The fourth-order valence-electron chi connectivity index (χ4n) is 4.20. The molecule has 2 fully saturated rings. The van der Waals surface area contributed by atoms with Gasteiger partial charge in [-0.1, -0.05) is 12.1 Å². The Morgan fingerprint density at radius 2 is 1.94 bits per heavy atom. The monoisotopic (exact) mass is 461 g/mol. The fraction of sp³-hybridized carbons (Fsp3) is 0.381. The van der Waals surface area contributed by atoms with Crippen molar-refractivity contribution >= 4 is 37.3 Å². The van der Waals surface area contributed by atoms with E-state index in [4.69, 9.17) is 0 Å². The minimum atomic E-state index is -3.12. The summed E-state index contributed by atoms with van der Waals surface area (Å²) in [6, 6.07) is 5.60. The highest BCUT2D eigenvalue weighted by Gasteiger charge is 2.42. The van der Waals surface area contributed by atoms with E-state index in [0.29, 0.717) is 27.8 Å². The number of fused-ring (bicyclic) bond motifs is 1. The molecule has 2 aliphatic rings. The smallest absolute Gasteiger partial charge is 0.263 e. The molecule has 3 aromatic rings. The minimum Gasteiger partial charge on any atom is -0.334 e. The number of amides is 1. The van der Waals surface area contributed by atoms with Crippen LogP contribution in [-0.4, -0.2) is 52.4 Å². The maximum Gasteiger partial charge on any atom is 0.263 e. The number of benzene rings is 1. The summed E-state index contributed by atoms with van der Waals surface area (Å²) in [4.78, 5) is 32.9. The van der Waals surface area contributed by atoms with Gasteiger partial charge in [-0.25, -0.2) is 17.8 Å². The molecule has 0 radical (unpaired) electrons. The van der Waals surface area contributed by atoms with Crippen molar-refractivity contribution in [1.82, 2.24) is 14.5 Å². The van der Waals surface area contributed by atoms with E-state index in [0.717, 1.165) is 12.8 Å². The maximum atomic E-state index is 13.3. The molecule has 0 bridgehead atoms. The normalized spacial score (nSPS) is 20.2. The third-order valence-electron chi connectivity index (χ3n) is 5.85. The summed E-state index contributed by atoms with van der Waals surface area (Å²) in [5.74, 6) is -0.539. The average molecular weight is 462 g/mol. The molecule has 7 nitrogen and oxygen atoms in total. The molecule has 1 unspecified atom stereocenters. The minimum absolute atomic E-state index is 0.0132. The van der Waals surface area contributed by atoms with Gasteiger partial charge in [0.15, 0.2) is 9.84 Å². The molecule has 1 aromatic carbocycles. The van der Waals surface area contributed by atoms with Crippen molar-refractivity contribution in [3.63, 3.8) is 0 Å². The molecule has 31 heavy (non-hydrogen) atoms. The Kier molecular flexibility index (Phi) is 4.93. The largest absolute Gasteiger partial charge is 0.334 e. The van der Waals surface area contributed by atoms with E-state index in [-0.39, 0.29) is 47.4 Å². The first kappa shape index (κ1) is 20.3. The van der Waals surface area contributed by atoms with Gasteiger partial charge in [0.1, 0.15) is 17.2 Å². The Bertz CT molecular complexity index is 1330. The van der Waals surface area contributed by atoms with Gasteiger partial charge >= 0.3 is 0 Å². The highest BCUT2D eigenvalue weighted by molar-refractivity contribution is 7.91. The number of halogens is 1. The Balaban J connectivity index is 1.47. The second-order valence-corrected chi connectivity index (χ2v) is 11.2. The number of rotatable bonds is 5. The molecule has 1 saturated heterocycles. The molecule has 0 N–H and O–H groups in total. The number of sulfone groups is 1. The Hall–Kier alpha value is -2.59. The van der Waals surface area contributed by atoms with Crippen molar-refractivity contribution in [1.29, 1.82) is 0 Å². The molecule has 1 aliphatic carbocycles. The van der Waals surface area contributed by atoms with Crippen molar-refractivity contribution in [3.05, 3.63) is 52.1 Å². The van der Waals surface area contributed by atoms with Crippen molar-refractivity contribution in [2.24, 2.45) is 0 Å². The van der Waals surface area contributed by atoms with Gasteiger partial charge in [-0.2, -0.15) is 0 Å². The molecule has 2 aromatic heterocycles. The topological polar surface area (TPSA) is 89.3 Å². The fourth-order valence-corrected chi connectivity index (χ4v) is 6.82. The first-order valence-corrected chi connectivity index (χ1v) is 12.8. The van der Waals surface area contributed by atoms with Gasteiger partial charge < -0.3 is 4.90 Å². The van der Waals surface area contributed by atoms with Crippen LogP contribution in [-0.2, 0) is 21.2 Å². The number of hydrogen-bond acceptors (Lipinski definition) is 6. The van der Waals surface area contributed by atoms with Crippen LogP contribution in [0.3, 0.4) is 0 Å². The van der Waals surface area contributed by atoms with E-state index in [2.05, 4.69) is 4.98 Å². The number of carbonyl (C=O) groups is 1. The lowest BCUT2D eigenvalue weighted by atomic mass is 10.1. The standard InChI is InChI=1S/C21H20FN3O4S2/c22-14-3-1-13(2-4-14)17-10-30-20-19(17)21(27)24(12-23-20)9-18(26)25(15-5-6-15)16-7-8-31(28,29)11-16/h1-4,10,12,15-16H,5-9,11H2. The Morgan fingerprint density at radius 1 is 1.19 bits per heavy atom. The Morgan fingerprint density at radius 3 is 2.58 bits per heavy atom. The molecular weight excluding hydrogens is 441 g/mol. The molecule has 5 rings (SSSR count). The number of nitrogens with zero attached hydrogens (tertiary/aromatic N) is 3. The average Bonchev–Trinajstić information content (AvgIpc) is 3.35. The second-order valence-electron chi connectivity index (χ2n) is 8.10. The van der Waals surface area contributed by atoms with E-state index in [1.807, 2.05) is 0 Å². The van der Waals surface area contributed by atoms with Crippen LogP contribution in [0.25, 0.3) is 21.3 Å². The summed E-state index contributed by atoms with van der Waals surface area (Å²) in [6.45, 7) is -0.187. The highest BCUT2D eigenvalue weighted by atomic mass is 32.2. The van der Waals surface area contributed by atoms with Crippen LogP contribution in [0.4, 0.5) is 4.39 Å². The first-order valence-electron chi connectivity index (χ1n) is 10.1. The van der Waals surface area contributed by atoms with E-state index in [1.165, 1.54) is 34.4 Å². The molecule has 1 atom stereocenters. The lowest BCUT2D eigenvalue weighted by Crippen LogP contribution is -2.45. The van der Waals surface area contributed by atoms with Crippen LogP contribution in [0, 0.1) is 5.82 Å². The summed E-state index contributed by atoms with van der Waals surface area (Å²) in [7, 11) is -3.12. The van der Waals surface area contributed by atoms with Gasteiger partial charge in [0.05, 0.1) is 23.2 Å². The summed E-state index contributed by atoms with van der Waals surface area (Å²) in [6.07, 6.45) is 3.52. The second kappa shape index (κ2) is 7.52. The SMILES string of the molecule is O=C(Cn1cnc2scc(-c3ccc(F)cc3)c2c1=O)N(C1CC1)C1CCS(=O)(=O)C1. The van der Waals surface area contributed by atoms with E-state index in [1.54, 1.807) is 22.4 Å². The van der Waals surface area contributed by atoms with Crippen molar-refractivity contribution < 1.29 is 17.6 Å². The van der Waals surface area contributed by atoms with Gasteiger partial charge in [0.25, 0.3) is 5.56 Å².